The molecule has 0 amide bonds. The molecular formula is C8H11BN2O2. The Morgan fingerprint density at radius 3 is 2.00 bits per heavy atom. The van der Waals surface area contributed by atoms with E-state index in [9.17, 15) is 0 Å². The number of hydrogen-bond donors (Lipinski definition) is 0. The van der Waals surface area contributed by atoms with Crippen molar-refractivity contribution in [3.8, 4) is 11.8 Å². The highest BCUT2D eigenvalue weighted by Gasteiger charge is 2.06. The molecule has 0 aromatic carbocycles. The Morgan fingerprint density at radius 2 is 1.62 bits per heavy atom. The highest BCUT2D eigenvalue weighted by Crippen LogP contribution is 2.07. The number of nitrogens with zero attached hydrogens (tertiary/aromatic N) is 2. The van der Waals surface area contributed by atoms with Crippen LogP contribution in [0.15, 0.2) is 6.33 Å². The summed E-state index contributed by atoms with van der Waals surface area (Å²) in [5, 5.41) is 0. The minimum absolute atomic E-state index is 0.353. The molecule has 1 aromatic rings. The standard InChI is InChI=1S/C8H11BN2O2/c1-3-12-7-6(9)8(13-4-2)11-5-10-7/h5H,3-4H2,1-2H3. The van der Waals surface area contributed by atoms with Crippen LogP contribution < -0.4 is 14.9 Å². The van der Waals surface area contributed by atoms with E-state index in [4.69, 9.17) is 17.3 Å². The minimum Gasteiger partial charge on any atom is -0.478 e. The zero-order valence-electron chi connectivity index (χ0n) is 7.78. The van der Waals surface area contributed by atoms with Crippen molar-refractivity contribution >= 4 is 13.3 Å². The van der Waals surface area contributed by atoms with Crippen LogP contribution >= 0.6 is 0 Å². The summed E-state index contributed by atoms with van der Waals surface area (Å²) in [6.45, 7) is 4.77. The summed E-state index contributed by atoms with van der Waals surface area (Å²) in [6.07, 6.45) is 1.37. The van der Waals surface area contributed by atoms with Crippen molar-refractivity contribution in [3.63, 3.8) is 0 Å². The average Bonchev–Trinajstić information content (AvgIpc) is 2.13. The zero-order valence-corrected chi connectivity index (χ0v) is 7.78. The van der Waals surface area contributed by atoms with Gasteiger partial charge in [-0.05, 0) is 13.8 Å². The second-order valence-electron chi connectivity index (χ2n) is 2.26. The molecule has 5 heteroatoms. The summed E-state index contributed by atoms with van der Waals surface area (Å²) in [7, 11) is 5.68. The van der Waals surface area contributed by atoms with Crippen LogP contribution in [0.25, 0.3) is 0 Å². The Hall–Kier alpha value is -1.26. The van der Waals surface area contributed by atoms with E-state index in [1.54, 1.807) is 0 Å². The number of hydrogen-bond acceptors (Lipinski definition) is 4. The second kappa shape index (κ2) is 4.69. The molecule has 0 aliphatic carbocycles. The quantitative estimate of drug-likeness (QED) is 0.611. The first kappa shape index (κ1) is 9.83. The van der Waals surface area contributed by atoms with Gasteiger partial charge in [0, 0.05) is 5.46 Å². The van der Waals surface area contributed by atoms with Gasteiger partial charge >= 0.3 is 0 Å². The first-order valence-electron chi connectivity index (χ1n) is 4.15. The molecule has 0 atom stereocenters. The van der Waals surface area contributed by atoms with E-state index in [0.717, 1.165) is 0 Å². The van der Waals surface area contributed by atoms with Crippen LogP contribution in [0.2, 0.25) is 0 Å². The molecular weight excluding hydrogens is 167 g/mol. The Bertz CT molecular complexity index is 257. The van der Waals surface area contributed by atoms with Gasteiger partial charge in [0.25, 0.3) is 0 Å². The largest absolute Gasteiger partial charge is 0.478 e. The van der Waals surface area contributed by atoms with Crippen LogP contribution in [0.4, 0.5) is 0 Å². The molecule has 0 fully saturated rings. The van der Waals surface area contributed by atoms with Crippen molar-refractivity contribution < 1.29 is 9.47 Å². The number of ether oxygens (including phenoxy) is 2. The highest BCUT2D eigenvalue weighted by atomic mass is 16.5. The van der Waals surface area contributed by atoms with Crippen LogP contribution in [0.3, 0.4) is 0 Å². The van der Waals surface area contributed by atoms with Gasteiger partial charge in [0.2, 0.25) is 11.8 Å². The molecule has 0 bridgehead atoms. The highest BCUT2D eigenvalue weighted by molar-refractivity contribution is 6.35. The lowest BCUT2D eigenvalue weighted by Crippen LogP contribution is -2.16. The molecule has 0 saturated carbocycles. The molecule has 1 heterocycles. The van der Waals surface area contributed by atoms with Crippen LogP contribution in [0.5, 0.6) is 11.8 Å². The van der Waals surface area contributed by atoms with Gasteiger partial charge in [0.1, 0.15) is 14.2 Å². The molecule has 1 aromatic heterocycles. The van der Waals surface area contributed by atoms with Crippen molar-refractivity contribution in [2.75, 3.05) is 13.2 Å². The van der Waals surface area contributed by atoms with E-state index in [0.29, 0.717) is 30.4 Å². The van der Waals surface area contributed by atoms with Crippen molar-refractivity contribution in [1.29, 1.82) is 0 Å². The lowest BCUT2D eigenvalue weighted by Gasteiger charge is -2.09. The van der Waals surface area contributed by atoms with Crippen LogP contribution in [0.1, 0.15) is 13.8 Å². The second-order valence-corrected chi connectivity index (χ2v) is 2.26. The monoisotopic (exact) mass is 178 g/mol. The van der Waals surface area contributed by atoms with Gasteiger partial charge in [-0.1, -0.05) is 0 Å². The molecule has 13 heavy (non-hydrogen) atoms. The number of aromatic nitrogens is 2. The van der Waals surface area contributed by atoms with E-state index >= 15 is 0 Å². The van der Waals surface area contributed by atoms with Gasteiger partial charge in [-0.25, -0.2) is 9.97 Å². The summed E-state index contributed by atoms with van der Waals surface area (Å²) in [6, 6.07) is 0. The van der Waals surface area contributed by atoms with Gasteiger partial charge in [0.05, 0.1) is 13.2 Å². The third-order valence-corrected chi connectivity index (χ3v) is 1.37. The van der Waals surface area contributed by atoms with Gasteiger partial charge in [-0.3, -0.25) is 0 Å². The first-order chi connectivity index (χ1) is 6.29. The third kappa shape index (κ3) is 2.34. The van der Waals surface area contributed by atoms with Crippen molar-refractivity contribution in [2.45, 2.75) is 13.8 Å². The summed E-state index contributed by atoms with van der Waals surface area (Å²) in [4.78, 5) is 7.75. The average molecular weight is 178 g/mol. The summed E-state index contributed by atoms with van der Waals surface area (Å²) < 4.78 is 10.3. The van der Waals surface area contributed by atoms with Crippen LogP contribution in [0, 0.1) is 0 Å². The maximum absolute atomic E-state index is 5.68. The summed E-state index contributed by atoms with van der Waals surface area (Å²) in [5.74, 6) is 0.752. The molecule has 2 radical (unpaired) electrons. The Morgan fingerprint density at radius 1 is 1.15 bits per heavy atom. The Balaban J connectivity index is 2.89. The van der Waals surface area contributed by atoms with Crippen LogP contribution in [-0.4, -0.2) is 31.0 Å². The summed E-state index contributed by atoms with van der Waals surface area (Å²) in [5.41, 5.74) is 0.353. The maximum atomic E-state index is 5.68. The fourth-order valence-electron chi connectivity index (χ4n) is 0.868. The first-order valence-corrected chi connectivity index (χ1v) is 4.15. The predicted molar refractivity (Wildman–Crippen MR) is 49.8 cm³/mol. The SMILES string of the molecule is [B]c1c(OCC)ncnc1OCC. The zero-order chi connectivity index (χ0) is 9.68. The van der Waals surface area contributed by atoms with E-state index in [-0.39, 0.29) is 0 Å². The minimum atomic E-state index is 0.353. The smallest absolute Gasteiger partial charge is 0.212 e. The molecule has 0 N–H and O–H groups in total. The lowest BCUT2D eigenvalue weighted by molar-refractivity contribution is 0.311. The van der Waals surface area contributed by atoms with Crippen molar-refractivity contribution in [3.05, 3.63) is 6.33 Å². The number of rotatable bonds is 4. The third-order valence-electron chi connectivity index (χ3n) is 1.37. The lowest BCUT2D eigenvalue weighted by atomic mass is 9.99. The molecule has 0 unspecified atom stereocenters. The maximum Gasteiger partial charge on any atom is 0.212 e. The van der Waals surface area contributed by atoms with E-state index in [2.05, 4.69) is 9.97 Å². The van der Waals surface area contributed by atoms with E-state index in [1.165, 1.54) is 6.33 Å². The van der Waals surface area contributed by atoms with E-state index < -0.39 is 0 Å². The van der Waals surface area contributed by atoms with Gasteiger partial charge in [-0.15, -0.1) is 0 Å². The summed E-state index contributed by atoms with van der Waals surface area (Å²) >= 11 is 0. The topological polar surface area (TPSA) is 44.2 Å². The predicted octanol–water partition coefficient (Wildman–Crippen LogP) is 0.0678. The molecule has 1 rings (SSSR count). The van der Waals surface area contributed by atoms with Gasteiger partial charge in [-0.2, -0.15) is 0 Å². The van der Waals surface area contributed by atoms with Gasteiger partial charge < -0.3 is 9.47 Å². The normalized spacial score (nSPS) is 9.69. The Kier molecular flexibility index (Phi) is 3.55. The van der Waals surface area contributed by atoms with Crippen LogP contribution in [-0.2, 0) is 0 Å². The van der Waals surface area contributed by atoms with E-state index in [1.807, 2.05) is 13.8 Å². The Labute approximate surface area is 78.7 Å². The van der Waals surface area contributed by atoms with Crippen molar-refractivity contribution in [2.24, 2.45) is 0 Å². The molecule has 68 valence electrons. The molecule has 0 saturated heterocycles. The molecule has 0 aliphatic rings. The fourth-order valence-corrected chi connectivity index (χ4v) is 0.868. The molecule has 0 spiro atoms. The molecule has 0 aliphatic heterocycles. The fraction of sp³-hybridized carbons (Fsp3) is 0.500. The van der Waals surface area contributed by atoms with Gasteiger partial charge in [0.15, 0.2) is 0 Å². The molecule has 4 nitrogen and oxygen atoms in total. The van der Waals surface area contributed by atoms with Crippen molar-refractivity contribution in [1.82, 2.24) is 9.97 Å².